The molecule has 1 aromatic carbocycles. The first-order chi connectivity index (χ1) is 7.51. The standard InChI is InChI=1S/C12H13NO3/c1-3-12(2,11(14)15)16-10-6-4-9(8-13)5-7-10/h4-7H,3H2,1-2H3,(H,14,15). The van der Waals surface area contributed by atoms with E-state index in [0.29, 0.717) is 17.7 Å². The Bertz CT molecular complexity index is 419. The molecule has 0 bridgehead atoms. The van der Waals surface area contributed by atoms with Gasteiger partial charge < -0.3 is 9.84 Å². The lowest BCUT2D eigenvalue weighted by molar-refractivity contribution is -0.154. The molecule has 0 aliphatic carbocycles. The molecule has 1 N–H and O–H groups in total. The van der Waals surface area contributed by atoms with Crippen molar-refractivity contribution in [2.75, 3.05) is 0 Å². The molecule has 84 valence electrons. The van der Waals surface area contributed by atoms with Crippen LogP contribution in [0, 0.1) is 11.3 Å². The van der Waals surface area contributed by atoms with Gasteiger partial charge in [-0.25, -0.2) is 4.79 Å². The molecule has 1 aromatic rings. The van der Waals surface area contributed by atoms with Gasteiger partial charge in [0.25, 0.3) is 0 Å². The topological polar surface area (TPSA) is 70.3 Å². The fourth-order valence-corrected chi connectivity index (χ4v) is 1.12. The average molecular weight is 219 g/mol. The highest BCUT2D eigenvalue weighted by atomic mass is 16.5. The molecule has 0 spiro atoms. The third kappa shape index (κ3) is 2.51. The monoisotopic (exact) mass is 219 g/mol. The summed E-state index contributed by atoms with van der Waals surface area (Å²) in [7, 11) is 0. The van der Waals surface area contributed by atoms with Gasteiger partial charge in [-0.3, -0.25) is 0 Å². The molecule has 1 rings (SSSR count). The zero-order chi connectivity index (χ0) is 12.2. The molecule has 1 atom stereocenters. The molecule has 0 radical (unpaired) electrons. The number of ether oxygens (including phenoxy) is 1. The van der Waals surface area contributed by atoms with E-state index in [1.54, 1.807) is 31.2 Å². The number of carbonyl (C=O) groups is 1. The number of carboxylic acids is 1. The Morgan fingerprint density at radius 2 is 2.06 bits per heavy atom. The molecule has 16 heavy (non-hydrogen) atoms. The fourth-order valence-electron chi connectivity index (χ4n) is 1.12. The van der Waals surface area contributed by atoms with Gasteiger partial charge in [-0.1, -0.05) is 6.92 Å². The normalized spacial score (nSPS) is 13.6. The van der Waals surface area contributed by atoms with Crippen LogP contribution in [0.1, 0.15) is 25.8 Å². The second-order valence-corrected chi connectivity index (χ2v) is 3.63. The summed E-state index contributed by atoms with van der Waals surface area (Å²) in [6.45, 7) is 3.27. The quantitative estimate of drug-likeness (QED) is 0.842. The van der Waals surface area contributed by atoms with E-state index in [4.69, 9.17) is 15.1 Å². The molecule has 0 aliphatic heterocycles. The summed E-state index contributed by atoms with van der Waals surface area (Å²) in [5, 5.41) is 17.6. The van der Waals surface area contributed by atoms with Gasteiger partial charge >= 0.3 is 5.97 Å². The van der Waals surface area contributed by atoms with Crippen LogP contribution in [0.2, 0.25) is 0 Å². The summed E-state index contributed by atoms with van der Waals surface area (Å²) in [5.41, 5.74) is -0.713. The number of aliphatic carboxylic acids is 1. The minimum absolute atomic E-state index is 0.363. The van der Waals surface area contributed by atoms with Crippen LogP contribution in [0.15, 0.2) is 24.3 Å². The SMILES string of the molecule is CCC(C)(Oc1ccc(C#N)cc1)C(=O)O. The van der Waals surface area contributed by atoms with Crippen molar-refractivity contribution >= 4 is 5.97 Å². The molecule has 0 aliphatic rings. The van der Waals surface area contributed by atoms with Gasteiger partial charge in [-0.15, -0.1) is 0 Å². The second kappa shape index (κ2) is 4.67. The summed E-state index contributed by atoms with van der Waals surface area (Å²) in [6, 6.07) is 8.35. The van der Waals surface area contributed by atoms with E-state index in [0.717, 1.165) is 0 Å². The molecule has 0 heterocycles. The molecule has 0 fully saturated rings. The van der Waals surface area contributed by atoms with Crippen molar-refractivity contribution in [1.29, 1.82) is 5.26 Å². The summed E-state index contributed by atoms with van der Waals surface area (Å²) >= 11 is 0. The smallest absolute Gasteiger partial charge is 0.347 e. The summed E-state index contributed by atoms with van der Waals surface area (Å²) in [5.74, 6) is -0.551. The van der Waals surface area contributed by atoms with Gasteiger partial charge in [-0.05, 0) is 37.6 Å². The summed E-state index contributed by atoms with van der Waals surface area (Å²) in [4.78, 5) is 11.0. The van der Waals surface area contributed by atoms with Crippen molar-refractivity contribution in [3.05, 3.63) is 29.8 Å². The number of hydrogen-bond donors (Lipinski definition) is 1. The maximum absolute atomic E-state index is 11.0. The number of nitriles is 1. The Morgan fingerprint density at radius 1 is 1.50 bits per heavy atom. The van der Waals surface area contributed by atoms with Gasteiger partial charge in [0.2, 0.25) is 5.60 Å². The maximum atomic E-state index is 11.0. The first-order valence-corrected chi connectivity index (χ1v) is 4.94. The number of benzene rings is 1. The average Bonchev–Trinajstić information content (AvgIpc) is 2.29. The van der Waals surface area contributed by atoms with Gasteiger partial charge in [0.05, 0.1) is 11.6 Å². The third-order valence-corrected chi connectivity index (χ3v) is 2.45. The van der Waals surface area contributed by atoms with Crippen LogP contribution >= 0.6 is 0 Å². The molecular weight excluding hydrogens is 206 g/mol. The van der Waals surface area contributed by atoms with E-state index >= 15 is 0 Å². The first kappa shape index (κ1) is 12.1. The zero-order valence-electron chi connectivity index (χ0n) is 9.23. The minimum Gasteiger partial charge on any atom is -0.478 e. The molecule has 0 amide bonds. The van der Waals surface area contributed by atoms with Crippen molar-refractivity contribution in [2.45, 2.75) is 25.9 Å². The highest BCUT2D eigenvalue weighted by Crippen LogP contribution is 2.21. The van der Waals surface area contributed by atoms with Crippen LogP contribution in [-0.4, -0.2) is 16.7 Å². The number of carboxylic acid groups (broad SMARTS) is 1. The molecule has 0 saturated heterocycles. The Kier molecular flexibility index (Phi) is 3.51. The van der Waals surface area contributed by atoms with Crippen LogP contribution in [0.3, 0.4) is 0 Å². The van der Waals surface area contributed by atoms with Crippen LogP contribution in [0.5, 0.6) is 5.75 Å². The number of rotatable bonds is 4. The number of nitrogens with zero attached hydrogens (tertiary/aromatic N) is 1. The largest absolute Gasteiger partial charge is 0.478 e. The lowest BCUT2D eigenvalue weighted by Gasteiger charge is -2.24. The van der Waals surface area contributed by atoms with E-state index < -0.39 is 11.6 Å². The van der Waals surface area contributed by atoms with Crippen molar-refractivity contribution in [2.24, 2.45) is 0 Å². The fraction of sp³-hybridized carbons (Fsp3) is 0.333. The van der Waals surface area contributed by atoms with E-state index in [9.17, 15) is 4.79 Å². The van der Waals surface area contributed by atoms with Crippen LogP contribution < -0.4 is 4.74 Å². The van der Waals surface area contributed by atoms with Gasteiger partial charge in [-0.2, -0.15) is 5.26 Å². The van der Waals surface area contributed by atoms with Crippen LogP contribution in [0.4, 0.5) is 0 Å². The van der Waals surface area contributed by atoms with E-state index in [2.05, 4.69) is 0 Å². The summed E-state index contributed by atoms with van der Waals surface area (Å²) in [6.07, 6.45) is 0.363. The van der Waals surface area contributed by atoms with E-state index in [-0.39, 0.29) is 0 Å². The van der Waals surface area contributed by atoms with E-state index in [1.165, 1.54) is 6.92 Å². The Morgan fingerprint density at radius 3 is 2.44 bits per heavy atom. The molecule has 0 aromatic heterocycles. The lowest BCUT2D eigenvalue weighted by atomic mass is 10.0. The van der Waals surface area contributed by atoms with Gasteiger partial charge in [0.1, 0.15) is 5.75 Å². The zero-order valence-corrected chi connectivity index (χ0v) is 9.23. The van der Waals surface area contributed by atoms with Crippen LogP contribution in [0.25, 0.3) is 0 Å². The van der Waals surface area contributed by atoms with Gasteiger partial charge in [0, 0.05) is 0 Å². The van der Waals surface area contributed by atoms with Gasteiger partial charge in [0.15, 0.2) is 0 Å². The Balaban J connectivity index is 2.87. The lowest BCUT2D eigenvalue weighted by Crippen LogP contribution is -2.40. The predicted octanol–water partition coefficient (Wildman–Crippen LogP) is 2.19. The van der Waals surface area contributed by atoms with Crippen molar-refractivity contribution in [1.82, 2.24) is 0 Å². The molecule has 0 saturated carbocycles. The van der Waals surface area contributed by atoms with Crippen molar-refractivity contribution < 1.29 is 14.6 Å². The van der Waals surface area contributed by atoms with Crippen molar-refractivity contribution in [3.8, 4) is 11.8 Å². The van der Waals surface area contributed by atoms with E-state index in [1.807, 2.05) is 6.07 Å². The minimum atomic E-state index is -1.23. The Hall–Kier alpha value is -2.02. The molecular formula is C12H13NO3. The van der Waals surface area contributed by atoms with Crippen molar-refractivity contribution in [3.63, 3.8) is 0 Å². The highest BCUT2D eigenvalue weighted by Gasteiger charge is 2.33. The third-order valence-electron chi connectivity index (χ3n) is 2.45. The number of hydrogen-bond acceptors (Lipinski definition) is 3. The molecule has 1 unspecified atom stereocenters. The highest BCUT2D eigenvalue weighted by molar-refractivity contribution is 5.77. The predicted molar refractivity (Wildman–Crippen MR) is 58.1 cm³/mol. The summed E-state index contributed by atoms with van der Waals surface area (Å²) < 4.78 is 5.40. The first-order valence-electron chi connectivity index (χ1n) is 4.94. The molecule has 4 nitrogen and oxygen atoms in total. The van der Waals surface area contributed by atoms with Crippen LogP contribution in [-0.2, 0) is 4.79 Å². The molecule has 4 heteroatoms. The Labute approximate surface area is 94.1 Å². The second-order valence-electron chi connectivity index (χ2n) is 3.63. The maximum Gasteiger partial charge on any atom is 0.347 e.